The number of carbonyl (C=O) groups excluding carboxylic acids is 1. The van der Waals surface area contributed by atoms with Gasteiger partial charge in [-0.15, -0.1) is 0 Å². The number of carbonyl (C=O) groups is 1. The van der Waals surface area contributed by atoms with Gasteiger partial charge >= 0.3 is 6.18 Å². The normalized spacial score (nSPS) is 23.5. The molecule has 0 atom stereocenters. The first kappa shape index (κ1) is 24.5. The van der Waals surface area contributed by atoms with Gasteiger partial charge in [0.2, 0.25) is 0 Å². The predicted octanol–water partition coefficient (Wildman–Crippen LogP) is 5.01. The number of halogens is 3. The number of nitriles is 1. The van der Waals surface area contributed by atoms with Crippen molar-refractivity contribution in [3.05, 3.63) is 29.3 Å². The van der Waals surface area contributed by atoms with Crippen LogP contribution in [0.5, 0.6) is 0 Å². The minimum Gasteiger partial charge on any atom is -0.396 e. The minimum absolute atomic E-state index is 0.0274. The third kappa shape index (κ3) is 4.62. The molecule has 0 unspecified atom stereocenters. The molecule has 1 aromatic rings. The molecule has 2 fully saturated rings. The highest BCUT2D eigenvalue weighted by Gasteiger charge is 2.52. The SMILES string of the molecule is CC1(C)C(=O)N(c2ccc(C#N)c(C(F)(F)F)c2)C(=S)N1[C@H]1CC[C@H](CCCCO)CC1. The number of hydrogen-bond donors (Lipinski definition) is 1. The molecule has 1 saturated carbocycles. The fourth-order valence-electron chi connectivity index (χ4n) is 4.89. The highest BCUT2D eigenvalue weighted by molar-refractivity contribution is 7.80. The average Bonchev–Trinajstić information content (AvgIpc) is 2.92. The van der Waals surface area contributed by atoms with Crippen LogP contribution >= 0.6 is 12.2 Å². The van der Waals surface area contributed by atoms with Crippen molar-refractivity contribution in [3.63, 3.8) is 0 Å². The lowest BCUT2D eigenvalue weighted by atomic mass is 9.81. The lowest BCUT2D eigenvalue weighted by molar-refractivity contribution is -0.137. The van der Waals surface area contributed by atoms with Crippen molar-refractivity contribution in [2.24, 2.45) is 5.92 Å². The second-order valence-corrected chi connectivity index (χ2v) is 9.45. The Morgan fingerprint density at radius 2 is 1.88 bits per heavy atom. The molecule has 1 N–H and O–H groups in total. The quantitative estimate of drug-likeness (QED) is 0.471. The van der Waals surface area contributed by atoms with E-state index in [1.165, 1.54) is 11.0 Å². The van der Waals surface area contributed by atoms with Crippen LogP contribution < -0.4 is 4.90 Å². The molecule has 1 saturated heterocycles. The van der Waals surface area contributed by atoms with Gasteiger partial charge in [0, 0.05) is 12.6 Å². The molecule has 1 heterocycles. The molecule has 3 rings (SSSR count). The van der Waals surface area contributed by atoms with Crippen molar-refractivity contribution in [1.82, 2.24) is 4.90 Å². The molecule has 32 heavy (non-hydrogen) atoms. The number of aliphatic hydroxyl groups excluding tert-OH is 1. The van der Waals surface area contributed by atoms with Gasteiger partial charge in [0.25, 0.3) is 5.91 Å². The molecule has 0 spiro atoms. The van der Waals surface area contributed by atoms with E-state index >= 15 is 0 Å². The van der Waals surface area contributed by atoms with Gasteiger partial charge in [-0.1, -0.05) is 12.8 Å². The van der Waals surface area contributed by atoms with Gasteiger partial charge in [0.15, 0.2) is 5.11 Å². The monoisotopic (exact) mass is 467 g/mol. The molecule has 1 aliphatic carbocycles. The average molecular weight is 468 g/mol. The Hall–Kier alpha value is -2.18. The number of alkyl halides is 3. The van der Waals surface area contributed by atoms with Crippen LogP contribution in [0.3, 0.4) is 0 Å². The second kappa shape index (κ2) is 9.36. The van der Waals surface area contributed by atoms with E-state index in [0.29, 0.717) is 5.92 Å². The third-order valence-corrected chi connectivity index (χ3v) is 6.99. The zero-order chi connectivity index (χ0) is 23.7. The lowest BCUT2D eigenvalue weighted by Gasteiger charge is -2.41. The number of hydrogen-bond acceptors (Lipinski definition) is 4. The summed E-state index contributed by atoms with van der Waals surface area (Å²) in [5, 5.41) is 18.2. The van der Waals surface area contributed by atoms with Crippen LogP contribution in [0.15, 0.2) is 18.2 Å². The van der Waals surface area contributed by atoms with Crippen LogP contribution in [0.25, 0.3) is 0 Å². The molecule has 0 aromatic heterocycles. The summed E-state index contributed by atoms with van der Waals surface area (Å²) >= 11 is 5.62. The molecule has 5 nitrogen and oxygen atoms in total. The van der Waals surface area contributed by atoms with Crippen LogP contribution in [-0.4, -0.2) is 39.2 Å². The van der Waals surface area contributed by atoms with E-state index < -0.39 is 22.8 Å². The van der Waals surface area contributed by atoms with Crippen molar-refractivity contribution in [2.75, 3.05) is 11.5 Å². The molecule has 0 bridgehead atoms. The molecular weight excluding hydrogens is 439 g/mol. The maximum Gasteiger partial charge on any atom is 0.417 e. The fourth-order valence-corrected chi connectivity index (χ4v) is 5.46. The summed E-state index contributed by atoms with van der Waals surface area (Å²) in [7, 11) is 0. The number of anilines is 1. The number of amides is 1. The maximum atomic E-state index is 13.5. The molecule has 1 aromatic carbocycles. The molecule has 1 amide bonds. The molecule has 1 aliphatic heterocycles. The number of aliphatic hydroxyl groups is 1. The highest BCUT2D eigenvalue weighted by atomic mass is 32.1. The van der Waals surface area contributed by atoms with Crippen LogP contribution in [0.4, 0.5) is 18.9 Å². The summed E-state index contributed by atoms with van der Waals surface area (Å²) in [6, 6.07) is 4.86. The first-order chi connectivity index (χ1) is 15.0. The van der Waals surface area contributed by atoms with Gasteiger partial charge in [-0.25, -0.2) is 0 Å². The summed E-state index contributed by atoms with van der Waals surface area (Å²) < 4.78 is 40.4. The largest absolute Gasteiger partial charge is 0.417 e. The summed E-state index contributed by atoms with van der Waals surface area (Å²) in [4.78, 5) is 16.3. The number of benzene rings is 1. The van der Waals surface area contributed by atoms with E-state index in [4.69, 9.17) is 22.6 Å². The number of nitrogens with zero attached hydrogens (tertiary/aromatic N) is 3. The van der Waals surface area contributed by atoms with E-state index in [1.807, 2.05) is 4.90 Å². The van der Waals surface area contributed by atoms with Crippen molar-refractivity contribution < 1.29 is 23.1 Å². The van der Waals surface area contributed by atoms with Gasteiger partial charge in [-0.05, 0) is 82.3 Å². The Balaban J connectivity index is 1.83. The van der Waals surface area contributed by atoms with Gasteiger partial charge < -0.3 is 10.0 Å². The lowest BCUT2D eigenvalue weighted by Crippen LogP contribution is -2.51. The van der Waals surface area contributed by atoms with Crippen LogP contribution in [0, 0.1) is 17.2 Å². The van der Waals surface area contributed by atoms with Crippen LogP contribution in [-0.2, 0) is 11.0 Å². The maximum absolute atomic E-state index is 13.5. The molecule has 9 heteroatoms. The Bertz CT molecular complexity index is 918. The van der Waals surface area contributed by atoms with E-state index in [0.717, 1.165) is 57.1 Å². The number of unbranched alkanes of at least 4 members (excludes halogenated alkanes) is 1. The van der Waals surface area contributed by atoms with E-state index in [-0.39, 0.29) is 29.4 Å². The van der Waals surface area contributed by atoms with Gasteiger partial charge in [-0.3, -0.25) is 9.69 Å². The standard InChI is InChI=1S/C23H28F3N3O2S/c1-22(2)20(31)28(18-11-8-16(14-27)19(13-18)23(24,25)26)21(32)29(22)17-9-6-15(7-10-17)5-3-4-12-30/h8,11,13,15,17,30H,3-7,9-10,12H2,1-2H3/t15-,17-. The van der Waals surface area contributed by atoms with Gasteiger partial charge in [0.1, 0.15) is 5.54 Å². The highest BCUT2D eigenvalue weighted by Crippen LogP contribution is 2.41. The predicted molar refractivity (Wildman–Crippen MR) is 119 cm³/mol. The Morgan fingerprint density at radius 1 is 1.22 bits per heavy atom. The van der Waals surface area contributed by atoms with Gasteiger partial charge in [0.05, 0.1) is 22.9 Å². The van der Waals surface area contributed by atoms with Crippen molar-refractivity contribution >= 4 is 28.9 Å². The van der Waals surface area contributed by atoms with Crippen molar-refractivity contribution in [3.8, 4) is 6.07 Å². The molecule has 174 valence electrons. The van der Waals surface area contributed by atoms with Crippen molar-refractivity contribution in [1.29, 1.82) is 5.26 Å². The zero-order valence-electron chi connectivity index (χ0n) is 18.3. The molecular formula is C23H28F3N3O2S. The van der Waals surface area contributed by atoms with E-state index in [9.17, 15) is 18.0 Å². The van der Waals surface area contributed by atoms with Crippen molar-refractivity contribution in [2.45, 2.75) is 76.6 Å². The molecule has 0 radical (unpaired) electrons. The first-order valence-electron chi connectivity index (χ1n) is 10.9. The first-order valence-corrected chi connectivity index (χ1v) is 11.3. The minimum atomic E-state index is -4.71. The molecule has 2 aliphatic rings. The Morgan fingerprint density at radius 3 is 2.44 bits per heavy atom. The van der Waals surface area contributed by atoms with Gasteiger partial charge in [-0.2, -0.15) is 18.4 Å². The topological polar surface area (TPSA) is 67.6 Å². The van der Waals surface area contributed by atoms with Crippen LogP contribution in [0.2, 0.25) is 0 Å². The second-order valence-electron chi connectivity index (χ2n) is 9.09. The summed E-state index contributed by atoms with van der Waals surface area (Å²) in [5.41, 5.74) is -2.51. The summed E-state index contributed by atoms with van der Waals surface area (Å²) in [6.07, 6.45) is 1.85. The zero-order valence-corrected chi connectivity index (χ0v) is 19.1. The fraction of sp³-hybridized carbons (Fsp3) is 0.609. The smallest absolute Gasteiger partial charge is 0.396 e. The number of thiocarbonyl (C=S) groups is 1. The number of rotatable bonds is 6. The Labute approximate surface area is 191 Å². The van der Waals surface area contributed by atoms with Crippen LogP contribution in [0.1, 0.15) is 69.9 Å². The van der Waals surface area contributed by atoms with E-state index in [2.05, 4.69) is 0 Å². The summed E-state index contributed by atoms with van der Waals surface area (Å²) in [5.74, 6) is 0.210. The third-order valence-electron chi connectivity index (χ3n) is 6.62. The summed E-state index contributed by atoms with van der Waals surface area (Å²) in [6.45, 7) is 3.71. The van der Waals surface area contributed by atoms with E-state index in [1.54, 1.807) is 19.9 Å². The Kier molecular flexibility index (Phi) is 7.15.